The summed E-state index contributed by atoms with van der Waals surface area (Å²) in [5.41, 5.74) is 2.18. The maximum Gasteiger partial charge on any atom is 0.226 e. The van der Waals surface area contributed by atoms with E-state index in [2.05, 4.69) is 17.2 Å². The lowest BCUT2D eigenvalue weighted by atomic mass is 10.1. The third-order valence-electron chi connectivity index (χ3n) is 3.27. The first kappa shape index (κ1) is 15.5. The summed E-state index contributed by atoms with van der Waals surface area (Å²) in [5, 5.41) is 3.57. The number of hydrogen-bond acceptors (Lipinski definition) is 4. The van der Waals surface area contributed by atoms with Gasteiger partial charge in [0.05, 0.1) is 12.8 Å². The summed E-state index contributed by atoms with van der Waals surface area (Å²) in [7, 11) is 1.64. The molecular formula is C16H20N2O2S. The van der Waals surface area contributed by atoms with Crippen molar-refractivity contribution in [2.45, 2.75) is 33.1 Å². The number of ether oxygens (including phenoxy) is 1. The van der Waals surface area contributed by atoms with Gasteiger partial charge in [-0.15, -0.1) is 11.3 Å². The highest BCUT2D eigenvalue weighted by atomic mass is 32.1. The second-order valence-electron chi connectivity index (χ2n) is 4.77. The summed E-state index contributed by atoms with van der Waals surface area (Å²) < 4.78 is 5.11. The number of benzene rings is 1. The van der Waals surface area contributed by atoms with Crippen molar-refractivity contribution in [3.63, 3.8) is 0 Å². The summed E-state index contributed by atoms with van der Waals surface area (Å²) in [5.74, 6) is 0.829. The van der Waals surface area contributed by atoms with Gasteiger partial charge in [0, 0.05) is 11.3 Å². The minimum Gasteiger partial charge on any atom is -0.497 e. The Morgan fingerprint density at radius 3 is 2.62 bits per heavy atom. The Bertz CT molecular complexity index is 605. The molecule has 0 aliphatic carbocycles. The summed E-state index contributed by atoms with van der Waals surface area (Å²) in [4.78, 5) is 17.5. The molecule has 1 amide bonds. The van der Waals surface area contributed by atoms with Crippen LogP contribution in [0.15, 0.2) is 24.3 Å². The number of aryl methyl sites for hydroxylation is 3. The molecule has 5 heteroatoms. The molecular weight excluding hydrogens is 284 g/mol. The molecule has 1 N–H and O–H groups in total. The van der Waals surface area contributed by atoms with Gasteiger partial charge in [-0.3, -0.25) is 4.79 Å². The molecule has 112 valence electrons. The molecule has 0 fully saturated rings. The lowest BCUT2D eigenvalue weighted by Gasteiger charge is -2.04. The van der Waals surface area contributed by atoms with Crippen LogP contribution in [0.1, 0.15) is 29.5 Å². The molecule has 0 aliphatic heterocycles. The fraction of sp³-hybridized carbons (Fsp3) is 0.375. The van der Waals surface area contributed by atoms with Crippen molar-refractivity contribution < 1.29 is 9.53 Å². The van der Waals surface area contributed by atoms with E-state index in [1.54, 1.807) is 7.11 Å². The minimum absolute atomic E-state index is 0.00206. The zero-order chi connectivity index (χ0) is 15.2. The van der Waals surface area contributed by atoms with Gasteiger partial charge in [0.2, 0.25) is 5.91 Å². The molecule has 0 spiro atoms. The van der Waals surface area contributed by atoms with E-state index in [9.17, 15) is 4.79 Å². The number of carbonyl (C=O) groups excluding carboxylic acids is 1. The van der Waals surface area contributed by atoms with Crippen LogP contribution in [0.2, 0.25) is 0 Å². The second kappa shape index (κ2) is 7.22. The van der Waals surface area contributed by atoms with E-state index in [0.29, 0.717) is 18.0 Å². The Kier molecular flexibility index (Phi) is 5.33. The molecule has 21 heavy (non-hydrogen) atoms. The highest BCUT2D eigenvalue weighted by Crippen LogP contribution is 2.22. The third-order valence-corrected chi connectivity index (χ3v) is 4.20. The Hall–Kier alpha value is -1.88. The maximum absolute atomic E-state index is 11.9. The fourth-order valence-corrected chi connectivity index (χ4v) is 2.96. The first-order valence-electron chi connectivity index (χ1n) is 7.01. The number of nitrogens with one attached hydrogen (secondary N) is 1. The minimum atomic E-state index is 0.00206. The summed E-state index contributed by atoms with van der Waals surface area (Å²) >= 11 is 1.53. The molecule has 2 rings (SSSR count). The van der Waals surface area contributed by atoms with Gasteiger partial charge in [0.15, 0.2) is 5.13 Å². The van der Waals surface area contributed by atoms with Gasteiger partial charge in [0.25, 0.3) is 0 Å². The van der Waals surface area contributed by atoms with Crippen LogP contribution in [-0.4, -0.2) is 18.0 Å². The van der Waals surface area contributed by atoms with E-state index in [4.69, 9.17) is 4.74 Å². The standard InChI is InChI=1S/C16H20N2O2S/c1-4-14-11(2)21-16(17-14)18-15(19)10-7-12-5-8-13(20-3)9-6-12/h5-6,8-9H,4,7,10H2,1-3H3,(H,17,18,19). The van der Waals surface area contributed by atoms with E-state index >= 15 is 0 Å². The van der Waals surface area contributed by atoms with E-state index in [1.165, 1.54) is 16.2 Å². The van der Waals surface area contributed by atoms with Gasteiger partial charge in [0.1, 0.15) is 5.75 Å². The van der Waals surface area contributed by atoms with E-state index < -0.39 is 0 Å². The lowest BCUT2D eigenvalue weighted by molar-refractivity contribution is -0.116. The number of methoxy groups -OCH3 is 1. The normalized spacial score (nSPS) is 10.4. The first-order chi connectivity index (χ1) is 10.1. The molecule has 1 aromatic carbocycles. The quantitative estimate of drug-likeness (QED) is 0.887. The number of rotatable bonds is 6. The number of aromatic nitrogens is 1. The maximum atomic E-state index is 11.9. The molecule has 1 heterocycles. The number of carbonyl (C=O) groups is 1. The SMILES string of the molecule is CCc1nc(NC(=O)CCc2ccc(OC)cc2)sc1C. The van der Waals surface area contributed by atoms with E-state index in [-0.39, 0.29) is 5.91 Å². The van der Waals surface area contributed by atoms with Gasteiger partial charge in [-0.2, -0.15) is 0 Å². The Labute approximate surface area is 129 Å². The first-order valence-corrected chi connectivity index (χ1v) is 7.83. The molecule has 1 aromatic heterocycles. The van der Waals surface area contributed by atoms with Crippen molar-refractivity contribution >= 4 is 22.4 Å². The summed E-state index contributed by atoms with van der Waals surface area (Å²) in [6, 6.07) is 7.78. The van der Waals surface area contributed by atoms with Gasteiger partial charge in [-0.25, -0.2) is 4.98 Å². The van der Waals surface area contributed by atoms with Crippen LogP contribution < -0.4 is 10.1 Å². The van der Waals surface area contributed by atoms with Crippen LogP contribution in [-0.2, 0) is 17.6 Å². The van der Waals surface area contributed by atoms with Gasteiger partial charge in [-0.1, -0.05) is 19.1 Å². The van der Waals surface area contributed by atoms with Crippen molar-refractivity contribution in [1.82, 2.24) is 4.98 Å². The highest BCUT2D eigenvalue weighted by molar-refractivity contribution is 7.15. The monoisotopic (exact) mass is 304 g/mol. The summed E-state index contributed by atoms with van der Waals surface area (Å²) in [6.07, 6.45) is 2.05. The number of hydrogen-bond donors (Lipinski definition) is 1. The van der Waals surface area contributed by atoms with E-state index in [1.807, 2.05) is 31.2 Å². The topological polar surface area (TPSA) is 51.2 Å². The molecule has 0 atom stereocenters. The Balaban J connectivity index is 1.86. The fourth-order valence-electron chi connectivity index (χ4n) is 2.04. The largest absolute Gasteiger partial charge is 0.497 e. The van der Waals surface area contributed by atoms with Crippen molar-refractivity contribution in [2.75, 3.05) is 12.4 Å². The predicted octanol–water partition coefficient (Wildman–Crippen LogP) is 3.59. The average Bonchev–Trinajstić information content (AvgIpc) is 2.85. The molecule has 0 aliphatic rings. The van der Waals surface area contributed by atoms with E-state index in [0.717, 1.165) is 23.4 Å². The average molecular weight is 304 g/mol. The van der Waals surface area contributed by atoms with Gasteiger partial charge < -0.3 is 10.1 Å². The Morgan fingerprint density at radius 2 is 2.05 bits per heavy atom. The molecule has 0 radical (unpaired) electrons. The van der Waals surface area contributed by atoms with Crippen molar-refractivity contribution in [3.8, 4) is 5.75 Å². The number of nitrogens with zero attached hydrogens (tertiary/aromatic N) is 1. The Morgan fingerprint density at radius 1 is 1.33 bits per heavy atom. The van der Waals surface area contributed by atoms with Gasteiger partial charge in [-0.05, 0) is 37.5 Å². The number of anilines is 1. The number of thiazole rings is 1. The predicted molar refractivity (Wildman–Crippen MR) is 86.2 cm³/mol. The molecule has 0 saturated heterocycles. The van der Waals surface area contributed by atoms with Crippen LogP contribution in [0.3, 0.4) is 0 Å². The van der Waals surface area contributed by atoms with Crippen LogP contribution in [0, 0.1) is 6.92 Å². The molecule has 0 bridgehead atoms. The molecule has 0 saturated carbocycles. The smallest absolute Gasteiger partial charge is 0.226 e. The zero-order valence-corrected chi connectivity index (χ0v) is 13.4. The van der Waals surface area contributed by atoms with Gasteiger partial charge >= 0.3 is 0 Å². The zero-order valence-electron chi connectivity index (χ0n) is 12.6. The highest BCUT2D eigenvalue weighted by Gasteiger charge is 2.09. The van der Waals surface area contributed by atoms with Crippen LogP contribution >= 0.6 is 11.3 Å². The van der Waals surface area contributed by atoms with Crippen molar-refractivity contribution in [1.29, 1.82) is 0 Å². The summed E-state index contributed by atoms with van der Waals surface area (Å²) in [6.45, 7) is 4.10. The third kappa shape index (κ3) is 4.29. The molecule has 2 aromatic rings. The second-order valence-corrected chi connectivity index (χ2v) is 5.97. The van der Waals surface area contributed by atoms with Crippen molar-refractivity contribution in [2.24, 2.45) is 0 Å². The molecule has 4 nitrogen and oxygen atoms in total. The lowest BCUT2D eigenvalue weighted by Crippen LogP contribution is -2.12. The van der Waals surface area contributed by atoms with Crippen LogP contribution in [0.4, 0.5) is 5.13 Å². The van der Waals surface area contributed by atoms with Crippen LogP contribution in [0.5, 0.6) is 5.75 Å². The van der Waals surface area contributed by atoms with Crippen LogP contribution in [0.25, 0.3) is 0 Å². The number of amides is 1. The molecule has 0 unspecified atom stereocenters. The van der Waals surface area contributed by atoms with Crippen molar-refractivity contribution in [3.05, 3.63) is 40.4 Å².